The second kappa shape index (κ2) is 5.09. The summed E-state index contributed by atoms with van der Waals surface area (Å²) in [5.41, 5.74) is 0.0506. The van der Waals surface area contributed by atoms with Gasteiger partial charge < -0.3 is 19.5 Å². The molecule has 1 aliphatic carbocycles. The molecule has 1 fully saturated rings. The summed E-state index contributed by atoms with van der Waals surface area (Å²) in [5.74, 6) is 1.18. The smallest absolute Gasteiger partial charge is 0.235 e. The van der Waals surface area contributed by atoms with Crippen molar-refractivity contribution in [2.75, 3.05) is 32.8 Å². The Hall–Kier alpha value is -1.75. The van der Waals surface area contributed by atoms with Gasteiger partial charge in [-0.1, -0.05) is 0 Å². The molecule has 1 aliphatic rings. The molecule has 0 heterocycles. The van der Waals surface area contributed by atoms with E-state index in [0.717, 1.165) is 12.8 Å². The van der Waals surface area contributed by atoms with Gasteiger partial charge in [0.15, 0.2) is 0 Å². The van der Waals surface area contributed by atoms with Crippen LogP contribution in [0.4, 0.5) is 5.69 Å². The number of carbonyl (C=O) groups excluding carboxylic acids is 1. The summed E-state index contributed by atoms with van der Waals surface area (Å²) in [5, 5.41) is 9.35. The van der Waals surface area contributed by atoms with E-state index in [9.17, 15) is 9.90 Å². The second-order valence-electron chi connectivity index (χ2n) is 4.84. The fraction of sp³-hybridized carbons (Fsp3) is 0.500. The Kier molecular flexibility index (Phi) is 3.66. The number of nitrogens with zero attached hydrogens (tertiary/aromatic N) is 1. The van der Waals surface area contributed by atoms with E-state index >= 15 is 0 Å². The van der Waals surface area contributed by atoms with Crippen LogP contribution in [0.3, 0.4) is 0 Å². The van der Waals surface area contributed by atoms with Gasteiger partial charge in [-0.25, -0.2) is 0 Å². The highest BCUT2D eigenvalue weighted by atomic mass is 16.5. The fourth-order valence-corrected chi connectivity index (χ4v) is 2.11. The van der Waals surface area contributed by atoms with Crippen LogP contribution in [0.1, 0.15) is 12.8 Å². The normalized spacial score (nSPS) is 15.8. The van der Waals surface area contributed by atoms with E-state index < -0.39 is 5.41 Å². The lowest BCUT2D eigenvalue weighted by molar-refractivity contribution is -0.124. The van der Waals surface area contributed by atoms with Crippen LogP contribution in [0.25, 0.3) is 0 Å². The molecule has 0 saturated heterocycles. The number of aliphatic hydroxyl groups is 1. The topological polar surface area (TPSA) is 59.0 Å². The maximum atomic E-state index is 12.4. The summed E-state index contributed by atoms with van der Waals surface area (Å²) in [6.07, 6.45) is 1.47. The predicted octanol–water partition coefficient (Wildman–Crippen LogP) is 1.44. The van der Waals surface area contributed by atoms with Crippen LogP contribution in [0.5, 0.6) is 11.5 Å². The standard InChI is InChI=1S/C14H19NO4/c1-15(13(17)14(9-16)6-7-14)11-8-10(18-2)4-5-12(11)19-3/h4-5,8,16H,6-7,9H2,1-3H3. The van der Waals surface area contributed by atoms with E-state index in [1.165, 1.54) is 4.90 Å². The van der Waals surface area contributed by atoms with Gasteiger partial charge in [-0.3, -0.25) is 4.79 Å². The molecule has 5 heteroatoms. The summed E-state index contributed by atoms with van der Waals surface area (Å²) in [6.45, 7) is -0.109. The highest BCUT2D eigenvalue weighted by Gasteiger charge is 2.51. The molecule has 0 bridgehead atoms. The molecule has 1 aromatic carbocycles. The van der Waals surface area contributed by atoms with E-state index in [0.29, 0.717) is 17.2 Å². The third-order valence-electron chi connectivity index (χ3n) is 3.66. The van der Waals surface area contributed by atoms with Crippen LogP contribution in [0.15, 0.2) is 18.2 Å². The van der Waals surface area contributed by atoms with Gasteiger partial charge in [0.1, 0.15) is 11.5 Å². The van der Waals surface area contributed by atoms with Crippen LogP contribution in [0, 0.1) is 5.41 Å². The number of benzene rings is 1. The number of hydrogen-bond acceptors (Lipinski definition) is 4. The Morgan fingerprint density at radius 3 is 2.53 bits per heavy atom. The SMILES string of the molecule is COc1ccc(OC)c(N(C)C(=O)C2(CO)CC2)c1. The Balaban J connectivity index is 2.32. The van der Waals surface area contributed by atoms with Crippen molar-refractivity contribution in [2.45, 2.75) is 12.8 Å². The maximum absolute atomic E-state index is 12.4. The van der Waals surface area contributed by atoms with Crippen molar-refractivity contribution in [3.63, 3.8) is 0 Å². The Morgan fingerprint density at radius 2 is 2.05 bits per heavy atom. The van der Waals surface area contributed by atoms with Crippen LogP contribution < -0.4 is 14.4 Å². The number of aliphatic hydroxyl groups excluding tert-OH is 1. The Morgan fingerprint density at radius 1 is 1.37 bits per heavy atom. The lowest BCUT2D eigenvalue weighted by atomic mass is 10.1. The van der Waals surface area contributed by atoms with Crippen molar-refractivity contribution in [2.24, 2.45) is 5.41 Å². The van der Waals surface area contributed by atoms with Crippen LogP contribution >= 0.6 is 0 Å². The molecular weight excluding hydrogens is 246 g/mol. The van der Waals surface area contributed by atoms with Crippen LogP contribution in [0.2, 0.25) is 0 Å². The molecule has 0 atom stereocenters. The molecule has 0 aromatic heterocycles. The molecule has 2 rings (SSSR count). The number of hydrogen-bond donors (Lipinski definition) is 1. The second-order valence-corrected chi connectivity index (χ2v) is 4.84. The zero-order valence-corrected chi connectivity index (χ0v) is 11.5. The van der Waals surface area contributed by atoms with Gasteiger partial charge >= 0.3 is 0 Å². The molecule has 104 valence electrons. The summed E-state index contributed by atoms with van der Waals surface area (Å²) in [6, 6.07) is 5.29. The van der Waals surface area contributed by atoms with Gasteiger partial charge in [0, 0.05) is 13.1 Å². The molecule has 1 N–H and O–H groups in total. The highest BCUT2D eigenvalue weighted by molar-refractivity contribution is 6.00. The van der Waals surface area contributed by atoms with Gasteiger partial charge in [0.05, 0.1) is 31.9 Å². The lowest BCUT2D eigenvalue weighted by Crippen LogP contribution is -2.36. The molecular formula is C14H19NO4. The van der Waals surface area contributed by atoms with Crippen LogP contribution in [-0.2, 0) is 4.79 Å². The fourth-order valence-electron chi connectivity index (χ4n) is 2.11. The first kappa shape index (κ1) is 13.7. The number of amides is 1. The van der Waals surface area contributed by atoms with Gasteiger partial charge in [0.2, 0.25) is 5.91 Å². The van der Waals surface area contributed by atoms with Crippen molar-refractivity contribution < 1.29 is 19.4 Å². The molecule has 5 nitrogen and oxygen atoms in total. The minimum atomic E-state index is -0.594. The van der Waals surface area contributed by atoms with Crippen molar-refractivity contribution in [3.05, 3.63) is 18.2 Å². The third kappa shape index (κ3) is 2.38. The van der Waals surface area contributed by atoms with Crippen molar-refractivity contribution in [3.8, 4) is 11.5 Å². The minimum absolute atomic E-state index is 0.0819. The minimum Gasteiger partial charge on any atom is -0.497 e. The third-order valence-corrected chi connectivity index (χ3v) is 3.66. The molecule has 0 spiro atoms. The van der Waals surface area contributed by atoms with E-state index in [1.54, 1.807) is 39.5 Å². The van der Waals surface area contributed by atoms with E-state index in [4.69, 9.17) is 9.47 Å². The molecule has 1 saturated carbocycles. The number of methoxy groups -OCH3 is 2. The van der Waals surface area contributed by atoms with Crippen molar-refractivity contribution in [1.29, 1.82) is 0 Å². The molecule has 0 aliphatic heterocycles. The zero-order chi connectivity index (χ0) is 14.0. The first-order valence-electron chi connectivity index (χ1n) is 6.19. The number of ether oxygens (including phenoxy) is 2. The monoisotopic (exact) mass is 265 g/mol. The van der Waals surface area contributed by atoms with Crippen LogP contribution in [-0.4, -0.2) is 38.9 Å². The van der Waals surface area contributed by atoms with E-state index in [1.807, 2.05) is 0 Å². The molecule has 19 heavy (non-hydrogen) atoms. The first-order valence-corrected chi connectivity index (χ1v) is 6.19. The summed E-state index contributed by atoms with van der Waals surface area (Å²) in [4.78, 5) is 13.9. The molecule has 0 radical (unpaired) electrons. The maximum Gasteiger partial charge on any atom is 0.235 e. The Bertz CT molecular complexity index is 482. The van der Waals surface area contributed by atoms with Crippen molar-refractivity contribution >= 4 is 11.6 Å². The first-order chi connectivity index (χ1) is 9.07. The number of anilines is 1. The van der Waals surface area contributed by atoms with Gasteiger partial charge in [-0.05, 0) is 25.0 Å². The molecule has 1 amide bonds. The molecule has 0 unspecified atom stereocenters. The Labute approximate surface area is 112 Å². The average molecular weight is 265 g/mol. The number of carbonyl (C=O) groups is 1. The summed E-state index contributed by atoms with van der Waals surface area (Å²) in [7, 11) is 4.82. The lowest BCUT2D eigenvalue weighted by Gasteiger charge is -2.24. The van der Waals surface area contributed by atoms with Gasteiger partial charge in [0.25, 0.3) is 0 Å². The average Bonchev–Trinajstić information content (AvgIpc) is 3.26. The van der Waals surface area contributed by atoms with Crippen molar-refractivity contribution in [1.82, 2.24) is 0 Å². The number of rotatable bonds is 5. The van der Waals surface area contributed by atoms with E-state index in [2.05, 4.69) is 0 Å². The summed E-state index contributed by atoms with van der Waals surface area (Å²) >= 11 is 0. The van der Waals surface area contributed by atoms with E-state index in [-0.39, 0.29) is 12.5 Å². The highest BCUT2D eigenvalue weighted by Crippen LogP contribution is 2.47. The largest absolute Gasteiger partial charge is 0.497 e. The van der Waals surface area contributed by atoms with Gasteiger partial charge in [-0.2, -0.15) is 0 Å². The quantitative estimate of drug-likeness (QED) is 0.875. The predicted molar refractivity (Wildman–Crippen MR) is 71.7 cm³/mol. The van der Waals surface area contributed by atoms with Gasteiger partial charge in [-0.15, -0.1) is 0 Å². The summed E-state index contributed by atoms with van der Waals surface area (Å²) < 4.78 is 10.4. The zero-order valence-electron chi connectivity index (χ0n) is 11.5. The molecule has 1 aromatic rings.